The fourth-order valence-electron chi connectivity index (χ4n) is 6.18. The number of nitrogens with two attached hydrogens (primary N) is 1. The summed E-state index contributed by atoms with van der Waals surface area (Å²) < 4.78 is 25.1. The Morgan fingerprint density at radius 2 is 1.53 bits per heavy atom. The summed E-state index contributed by atoms with van der Waals surface area (Å²) in [6.07, 6.45) is 0. The van der Waals surface area contributed by atoms with Gasteiger partial charge in [0.1, 0.15) is 16.1 Å². The lowest BCUT2D eigenvalue weighted by atomic mass is 9.99. The molecule has 0 radical (unpaired) electrons. The van der Waals surface area contributed by atoms with Crippen LogP contribution >= 0.6 is 23.4 Å². The summed E-state index contributed by atoms with van der Waals surface area (Å²) >= 11 is 7.66. The second kappa shape index (κ2) is 16.1. The van der Waals surface area contributed by atoms with Crippen LogP contribution in [0.1, 0.15) is 21.5 Å². The number of ketones is 1. The minimum Gasteiger partial charge on any atom is -0.379 e. The molecule has 0 bridgehead atoms. The van der Waals surface area contributed by atoms with Crippen LogP contribution in [0, 0.1) is 10.1 Å². The zero-order valence-corrected chi connectivity index (χ0v) is 30.0. The van der Waals surface area contributed by atoms with E-state index < -0.39 is 36.9 Å². The number of carbonyl (C=O) groups is 1. The lowest BCUT2D eigenvalue weighted by Crippen LogP contribution is -2.46. The number of nitrogens with one attached hydrogen (secondary N) is 1. The average Bonchev–Trinajstić information content (AvgIpc) is 3.14. The minimum atomic E-state index is -4.47. The third-order valence-electron chi connectivity index (χ3n) is 8.72. The number of primary sulfonamides is 1. The number of rotatable bonds is 13. The quantitative estimate of drug-likeness (QED) is 0.0418. The number of nitrogens with zero attached hydrogens (tertiary/aromatic N) is 3. The normalized spacial score (nSPS) is 13.6. The third kappa shape index (κ3) is 8.78. The molecule has 1 aliphatic heterocycles. The van der Waals surface area contributed by atoms with Gasteiger partial charge in [0.15, 0.2) is 0 Å². The Labute approximate surface area is 306 Å². The van der Waals surface area contributed by atoms with Crippen LogP contribution < -0.4 is 15.4 Å². The topological polar surface area (TPSA) is 139 Å². The van der Waals surface area contributed by atoms with Gasteiger partial charge in [-0.1, -0.05) is 66.2 Å². The highest BCUT2D eigenvalue weighted by atomic mass is 35.5. The summed E-state index contributed by atoms with van der Waals surface area (Å²) in [5.41, 5.74) is 3.36. The van der Waals surface area contributed by atoms with Crippen LogP contribution in [0.3, 0.4) is 0 Å². The Kier molecular flexibility index (Phi) is 11.4. The van der Waals surface area contributed by atoms with Crippen molar-refractivity contribution in [3.8, 4) is 11.1 Å². The van der Waals surface area contributed by atoms with E-state index in [1.165, 1.54) is 17.2 Å². The number of hydrogen-bond donors (Lipinski definition) is 2. The van der Waals surface area contributed by atoms with Gasteiger partial charge in [-0.15, -0.1) is 11.8 Å². The molecule has 1 saturated heterocycles. The minimum absolute atomic E-state index is 0.0368. The molecule has 0 atom stereocenters. The molecule has 0 spiro atoms. The van der Waals surface area contributed by atoms with Gasteiger partial charge in [0.25, 0.3) is 0 Å². The highest BCUT2D eigenvalue weighted by molar-refractivity contribution is 7.99. The Hall–Kier alpha value is -4.72. The van der Waals surface area contributed by atoms with Crippen LogP contribution in [0.2, 0.25) is 5.02 Å². The van der Waals surface area contributed by atoms with Crippen LogP contribution in [0.5, 0.6) is 0 Å². The van der Waals surface area contributed by atoms with Gasteiger partial charge in [-0.05, 0) is 77.4 Å². The van der Waals surface area contributed by atoms with Gasteiger partial charge in [0.05, 0.1) is 4.92 Å². The van der Waals surface area contributed by atoms with Crippen molar-refractivity contribution in [2.45, 2.75) is 16.3 Å². The van der Waals surface area contributed by atoms with E-state index in [0.717, 1.165) is 54.9 Å². The van der Waals surface area contributed by atoms with E-state index in [4.69, 9.17) is 16.7 Å². The monoisotopic (exact) mass is 741 g/mol. The van der Waals surface area contributed by atoms with E-state index in [1.807, 2.05) is 66.7 Å². The standard InChI is InChI=1S/C38H36ClN5O5S2/c39-30-14-10-27(11-15-30)33-9-5-4-6-29(33)26-42-21-23-43(24-22-42)31-16-12-28(13-17-31)38(45)36-35(51(40,48)49)19-18-34(37(36)44(46)47)41-20-25-50-32-7-2-1-3-8-32/h1-19,41H,20-26H2,(H2,40,48,49). The van der Waals surface area contributed by atoms with Crippen molar-refractivity contribution in [2.75, 3.05) is 48.7 Å². The summed E-state index contributed by atoms with van der Waals surface area (Å²) in [4.78, 5) is 30.6. The SMILES string of the molecule is NS(=O)(=O)c1ccc(NCCSc2ccccc2)c([N+](=O)[O-])c1C(=O)c1ccc(N2CCN(Cc3ccccc3-c3ccc(Cl)cc3)CC2)cc1. The Morgan fingerprint density at radius 3 is 2.20 bits per heavy atom. The first-order valence-corrected chi connectivity index (χ1v) is 19.2. The maximum absolute atomic E-state index is 13.9. The van der Waals surface area contributed by atoms with Crippen LogP contribution in [0.15, 0.2) is 125 Å². The number of nitro benzene ring substituents is 1. The van der Waals surface area contributed by atoms with Gasteiger partial charge in [-0.2, -0.15) is 0 Å². The number of carbonyl (C=O) groups excluding carboxylic acids is 1. The number of hydrogen-bond acceptors (Lipinski definition) is 9. The highest BCUT2D eigenvalue weighted by Gasteiger charge is 2.33. The molecule has 0 saturated carbocycles. The second-order valence-corrected chi connectivity index (χ2v) is 15.2. The number of halogens is 1. The lowest BCUT2D eigenvalue weighted by Gasteiger charge is -2.36. The molecule has 13 heteroatoms. The van der Waals surface area contributed by atoms with Gasteiger partial charge >= 0.3 is 5.69 Å². The molecule has 0 amide bonds. The van der Waals surface area contributed by atoms with Crippen molar-refractivity contribution in [1.82, 2.24) is 4.90 Å². The molecule has 1 fully saturated rings. The predicted molar refractivity (Wildman–Crippen MR) is 204 cm³/mol. The van der Waals surface area contributed by atoms with E-state index in [-0.39, 0.29) is 11.3 Å². The van der Waals surface area contributed by atoms with E-state index in [2.05, 4.69) is 27.2 Å². The third-order valence-corrected chi connectivity index (χ3v) is 10.9. The maximum atomic E-state index is 13.9. The van der Waals surface area contributed by atoms with E-state index in [9.17, 15) is 23.3 Å². The second-order valence-electron chi connectivity index (χ2n) is 12.0. The van der Waals surface area contributed by atoms with E-state index in [0.29, 0.717) is 17.3 Å². The number of thioether (sulfide) groups is 1. The molecule has 3 N–H and O–H groups in total. The summed E-state index contributed by atoms with van der Waals surface area (Å²) in [5, 5.41) is 21.5. The van der Waals surface area contributed by atoms with Gasteiger partial charge in [0.2, 0.25) is 15.8 Å². The van der Waals surface area contributed by atoms with E-state index in [1.54, 1.807) is 36.0 Å². The number of benzene rings is 5. The Bertz CT molecular complexity index is 2130. The number of nitro groups is 1. The Balaban J connectivity index is 1.15. The molecular weight excluding hydrogens is 706 g/mol. The van der Waals surface area contributed by atoms with Crippen LogP contribution in [0.25, 0.3) is 11.1 Å². The van der Waals surface area contributed by atoms with Crippen molar-refractivity contribution >= 4 is 56.2 Å². The zero-order chi connectivity index (χ0) is 36.0. The number of sulfonamides is 1. The molecule has 1 aliphatic rings. The van der Waals surface area contributed by atoms with E-state index >= 15 is 0 Å². The molecular formula is C38H36ClN5O5S2. The summed E-state index contributed by atoms with van der Waals surface area (Å²) in [5.74, 6) is -0.225. The summed E-state index contributed by atoms with van der Waals surface area (Å²) in [6, 6.07) is 35.0. The zero-order valence-electron chi connectivity index (χ0n) is 27.6. The molecule has 6 rings (SSSR count). The van der Waals surface area contributed by atoms with Crippen LogP contribution in [-0.4, -0.2) is 62.5 Å². The van der Waals surface area contributed by atoms with Crippen molar-refractivity contribution in [2.24, 2.45) is 5.14 Å². The highest BCUT2D eigenvalue weighted by Crippen LogP contribution is 2.36. The predicted octanol–water partition coefficient (Wildman–Crippen LogP) is 7.32. The first-order valence-electron chi connectivity index (χ1n) is 16.3. The van der Waals surface area contributed by atoms with Crippen LogP contribution in [-0.2, 0) is 16.6 Å². The van der Waals surface area contributed by atoms with Crippen molar-refractivity contribution in [3.05, 3.63) is 147 Å². The molecule has 5 aromatic rings. The molecule has 10 nitrogen and oxygen atoms in total. The van der Waals surface area contributed by atoms with Gasteiger partial charge in [-0.3, -0.25) is 19.8 Å². The van der Waals surface area contributed by atoms with Crippen LogP contribution in [0.4, 0.5) is 17.1 Å². The fraction of sp³-hybridized carbons (Fsp3) is 0.184. The number of anilines is 2. The summed E-state index contributed by atoms with van der Waals surface area (Å²) in [6.45, 7) is 4.29. The molecule has 51 heavy (non-hydrogen) atoms. The first kappa shape index (κ1) is 36.1. The fourth-order valence-corrected chi connectivity index (χ4v) is 7.82. The van der Waals surface area contributed by atoms with Crippen molar-refractivity contribution in [3.63, 3.8) is 0 Å². The maximum Gasteiger partial charge on any atom is 0.304 e. The molecule has 5 aromatic carbocycles. The molecule has 0 aromatic heterocycles. The molecule has 0 aliphatic carbocycles. The summed E-state index contributed by atoms with van der Waals surface area (Å²) in [7, 11) is -4.47. The Morgan fingerprint density at radius 1 is 0.863 bits per heavy atom. The average molecular weight is 742 g/mol. The largest absolute Gasteiger partial charge is 0.379 e. The van der Waals surface area contributed by atoms with Gasteiger partial charge in [0, 0.05) is 66.2 Å². The molecule has 262 valence electrons. The number of piperazine rings is 1. The first-order chi connectivity index (χ1) is 24.6. The van der Waals surface area contributed by atoms with Crippen molar-refractivity contribution in [1.29, 1.82) is 0 Å². The smallest absolute Gasteiger partial charge is 0.304 e. The van der Waals surface area contributed by atoms with Gasteiger partial charge < -0.3 is 10.2 Å². The molecule has 0 unspecified atom stereocenters. The lowest BCUT2D eigenvalue weighted by molar-refractivity contribution is -0.384. The molecule has 1 heterocycles. The van der Waals surface area contributed by atoms with Gasteiger partial charge in [-0.25, -0.2) is 13.6 Å². The van der Waals surface area contributed by atoms with Crippen molar-refractivity contribution < 1.29 is 18.1 Å².